The predicted octanol–water partition coefficient (Wildman–Crippen LogP) is 1.72. The van der Waals surface area contributed by atoms with Crippen LogP contribution in [-0.2, 0) is 4.79 Å². The summed E-state index contributed by atoms with van der Waals surface area (Å²) in [5, 5.41) is 19.4. The van der Waals surface area contributed by atoms with E-state index >= 15 is 0 Å². The number of aliphatic carboxylic acids is 1. The van der Waals surface area contributed by atoms with Gasteiger partial charge in [-0.25, -0.2) is 4.98 Å². The second kappa shape index (κ2) is 6.04. The van der Waals surface area contributed by atoms with E-state index in [9.17, 15) is 19.7 Å². The minimum absolute atomic E-state index is 0.00985. The summed E-state index contributed by atoms with van der Waals surface area (Å²) in [7, 11) is 0. The number of carbonyl (C=O) groups is 2. The van der Waals surface area contributed by atoms with Gasteiger partial charge in [-0.2, -0.15) is 0 Å². The molecule has 0 spiro atoms. The molecule has 1 aliphatic rings. The fourth-order valence-corrected chi connectivity index (χ4v) is 2.21. The number of hydrogen-bond donors (Lipinski definition) is 1. The topological polar surface area (TPSA) is 114 Å². The zero-order valence-corrected chi connectivity index (χ0v) is 11.6. The Hall–Kier alpha value is -2.22. The molecule has 1 heterocycles. The van der Waals surface area contributed by atoms with Crippen molar-refractivity contribution in [3.05, 3.63) is 33.1 Å². The van der Waals surface area contributed by atoms with Gasteiger partial charge in [-0.05, 0) is 18.9 Å². The predicted molar refractivity (Wildman–Crippen MR) is 72.2 cm³/mol. The van der Waals surface area contributed by atoms with Gasteiger partial charge in [-0.3, -0.25) is 19.7 Å². The number of aromatic nitrogens is 1. The molecule has 1 aliphatic carbocycles. The molecule has 1 amide bonds. The average molecular weight is 314 g/mol. The largest absolute Gasteiger partial charge is 0.481 e. The molecule has 0 saturated heterocycles. The highest BCUT2D eigenvalue weighted by atomic mass is 35.5. The van der Waals surface area contributed by atoms with Crippen LogP contribution in [0.5, 0.6) is 0 Å². The van der Waals surface area contributed by atoms with Crippen molar-refractivity contribution >= 4 is 29.2 Å². The van der Waals surface area contributed by atoms with Crippen molar-refractivity contribution in [2.45, 2.75) is 25.3 Å². The summed E-state index contributed by atoms with van der Waals surface area (Å²) >= 11 is 5.68. The highest BCUT2D eigenvalue weighted by Crippen LogP contribution is 2.32. The van der Waals surface area contributed by atoms with Crippen LogP contribution in [0.4, 0.5) is 5.69 Å². The van der Waals surface area contributed by atoms with Crippen molar-refractivity contribution in [3.63, 3.8) is 0 Å². The summed E-state index contributed by atoms with van der Waals surface area (Å²) in [5.41, 5.74) is -0.720. The van der Waals surface area contributed by atoms with Crippen LogP contribution in [0, 0.1) is 10.1 Å². The maximum Gasteiger partial charge on any atom is 0.319 e. The summed E-state index contributed by atoms with van der Waals surface area (Å²) in [5.74, 6) is -1.62. The first-order valence-corrected chi connectivity index (χ1v) is 6.61. The summed E-state index contributed by atoms with van der Waals surface area (Å²) in [6.45, 7) is 0.00985. The van der Waals surface area contributed by atoms with Crippen molar-refractivity contribution in [1.29, 1.82) is 0 Å². The number of hydrogen-bond acceptors (Lipinski definition) is 5. The van der Waals surface area contributed by atoms with Gasteiger partial charge in [0.15, 0.2) is 0 Å². The normalized spacial score (nSPS) is 13.8. The van der Waals surface area contributed by atoms with Crippen molar-refractivity contribution in [2.75, 3.05) is 6.54 Å². The molecule has 0 atom stereocenters. The van der Waals surface area contributed by atoms with E-state index in [0.717, 1.165) is 12.8 Å². The van der Waals surface area contributed by atoms with Crippen LogP contribution in [0.2, 0.25) is 5.15 Å². The minimum atomic E-state index is -1.03. The molecule has 0 bridgehead atoms. The molecule has 1 aromatic rings. The van der Waals surface area contributed by atoms with Crippen LogP contribution in [0.15, 0.2) is 12.3 Å². The lowest BCUT2D eigenvalue weighted by atomic mass is 10.2. The number of amides is 1. The van der Waals surface area contributed by atoms with Crippen LogP contribution in [0.1, 0.15) is 29.6 Å². The molecule has 1 aromatic heterocycles. The Morgan fingerprint density at radius 3 is 2.71 bits per heavy atom. The maximum absolute atomic E-state index is 12.5. The van der Waals surface area contributed by atoms with Crippen LogP contribution < -0.4 is 0 Å². The third-order valence-corrected chi connectivity index (χ3v) is 3.38. The number of nitrogens with zero attached hydrogens (tertiary/aromatic N) is 3. The fraction of sp³-hybridized carbons (Fsp3) is 0.417. The maximum atomic E-state index is 12.5. The van der Waals surface area contributed by atoms with Crippen molar-refractivity contribution in [3.8, 4) is 0 Å². The number of pyridine rings is 1. The van der Waals surface area contributed by atoms with E-state index in [-0.39, 0.29) is 29.7 Å². The Labute approximate surface area is 124 Å². The lowest BCUT2D eigenvalue weighted by Crippen LogP contribution is -2.35. The smallest absolute Gasteiger partial charge is 0.319 e. The fourth-order valence-electron chi connectivity index (χ4n) is 1.98. The Morgan fingerprint density at radius 2 is 2.19 bits per heavy atom. The molecule has 0 aliphatic heterocycles. The van der Waals surface area contributed by atoms with Crippen LogP contribution >= 0.6 is 11.6 Å². The molecule has 0 radical (unpaired) electrons. The zero-order chi connectivity index (χ0) is 15.6. The molecule has 2 rings (SSSR count). The van der Waals surface area contributed by atoms with E-state index in [4.69, 9.17) is 16.7 Å². The number of nitro groups is 1. The molecular formula is C12H12ClN3O5. The van der Waals surface area contributed by atoms with Crippen LogP contribution in [0.3, 0.4) is 0 Å². The van der Waals surface area contributed by atoms with E-state index < -0.39 is 22.5 Å². The number of carboxylic acids is 1. The van der Waals surface area contributed by atoms with E-state index in [1.165, 1.54) is 17.2 Å². The van der Waals surface area contributed by atoms with E-state index in [2.05, 4.69) is 4.98 Å². The Morgan fingerprint density at radius 1 is 1.52 bits per heavy atom. The molecule has 112 valence electrons. The minimum Gasteiger partial charge on any atom is -0.481 e. The lowest BCUT2D eigenvalue weighted by molar-refractivity contribution is -0.385. The van der Waals surface area contributed by atoms with E-state index in [0.29, 0.717) is 0 Å². The van der Waals surface area contributed by atoms with Gasteiger partial charge in [-0.1, -0.05) is 11.6 Å². The third-order valence-electron chi connectivity index (χ3n) is 3.11. The molecule has 1 saturated carbocycles. The molecule has 9 heteroatoms. The van der Waals surface area contributed by atoms with Gasteiger partial charge in [0.05, 0.1) is 11.3 Å². The third kappa shape index (κ3) is 3.46. The second-order valence-corrected chi connectivity index (χ2v) is 4.99. The standard InChI is InChI=1S/C12H12ClN3O5/c13-11-10(16(20)21)8(3-5-14-11)12(19)15(7-1-2-7)6-4-9(17)18/h3,5,7H,1-2,4,6H2,(H,17,18). The van der Waals surface area contributed by atoms with Gasteiger partial charge in [0.1, 0.15) is 5.56 Å². The van der Waals surface area contributed by atoms with Gasteiger partial charge in [0.2, 0.25) is 5.15 Å². The summed E-state index contributed by atoms with van der Waals surface area (Å²) in [6.07, 6.45) is 2.52. The van der Waals surface area contributed by atoms with Crippen LogP contribution in [0.25, 0.3) is 0 Å². The van der Waals surface area contributed by atoms with Gasteiger partial charge >= 0.3 is 11.7 Å². The number of halogens is 1. The molecular weight excluding hydrogens is 302 g/mol. The Kier molecular flexibility index (Phi) is 4.37. The van der Waals surface area contributed by atoms with Gasteiger partial charge in [0, 0.05) is 18.8 Å². The summed E-state index contributed by atoms with van der Waals surface area (Å²) < 4.78 is 0. The molecule has 0 unspecified atom stereocenters. The number of carbonyl (C=O) groups excluding carboxylic acids is 1. The molecule has 1 fully saturated rings. The molecule has 1 N–H and O–H groups in total. The summed E-state index contributed by atoms with van der Waals surface area (Å²) in [6, 6.07) is 1.16. The SMILES string of the molecule is O=C(O)CCN(C(=O)c1ccnc(Cl)c1[N+](=O)[O-])C1CC1. The van der Waals surface area contributed by atoms with Crippen LogP contribution in [-0.4, -0.2) is 44.4 Å². The number of rotatable bonds is 6. The Bertz CT molecular complexity index is 603. The quantitative estimate of drug-likeness (QED) is 0.486. The van der Waals surface area contributed by atoms with Gasteiger partial charge < -0.3 is 10.0 Å². The molecule has 21 heavy (non-hydrogen) atoms. The molecule has 0 aromatic carbocycles. The molecule has 8 nitrogen and oxygen atoms in total. The van der Waals surface area contributed by atoms with Crippen molar-refractivity contribution < 1.29 is 19.6 Å². The summed E-state index contributed by atoms with van der Waals surface area (Å²) in [4.78, 5) is 38.3. The highest BCUT2D eigenvalue weighted by molar-refractivity contribution is 6.32. The first-order valence-electron chi connectivity index (χ1n) is 6.23. The first-order chi connectivity index (χ1) is 9.91. The van der Waals surface area contributed by atoms with E-state index in [1.54, 1.807) is 0 Å². The monoisotopic (exact) mass is 313 g/mol. The number of carboxylic acid groups (broad SMARTS) is 1. The van der Waals surface area contributed by atoms with E-state index in [1.807, 2.05) is 0 Å². The van der Waals surface area contributed by atoms with Crippen molar-refractivity contribution in [2.24, 2.45) is 0 Å². The van der Waals surface area contributed by atoms with Gasteiger partial charge in [0.25, 0.3) is 5.91 Å². The lowest BCUT2D eigenvalue weighted by Gasteiger charge is -2.21. The first kappa shape index (κ1) is 15.2. The second-order valence-electron chi connectivity index (χ2n) is 4.63. The Balaban J connectivity index is 2.30. The van der Waals surface area contributed by atoms with Crippen molar-refractivity contribution in [1.82, 2.24) is 9.88 Å². The average Bonchev–Trinajstić information content (AvgIpc) is 3.22. The van der Waals surface area contributed by atoms with Gasteiger partial charge in [-0.15, -0.1) is 0 Å². The highest BCUT2D eigenvalue weighted by Gasteiger charge is 2.36. The zero-order valence-electron chi connectivity index (χ0n) is 10.9.